The van der Waals surface area contributed by atoms with Gasteiger partial charge in [-0.15, -0.1) is 0 Å². The Bertz CT molecular complexity index is 1300. The second-order valence-electron chi connectivity index (χ2n) is 8.12. The van der Waals surface area contributed by atoms with Crippen LogP contribution in [-0.4, -0.2) is 56.1 Å². The number of aromatic nitrogens is 1. The topological polar surface area (TPSA) is 105 Å². The molecule has 9 nitrogen and oxygen atoms in total. The molecule has 0 spiro atoms. The molecule has 0 aliphatic carbocycles. The van der Waals surface area contributed by atoms with Gasteiger partial charge in [0, 0.05) is 37.6 Å². The van der Waals surface area contributed by atoms with Crippen molar-refractivity contribution in [1.82, 2.24) is 15.2 Å². The molecule has 0 aliphatic heterocycles. The quantitative estimate of drug-likeness (QED) is 0.325. The van der Waals surface area contributed by atoms with E-state index in [0.717, 1.165) is 12.1 Å². The van der Waals surface area contributed by atoms with Gasteiger partial charge < -0.3 is 30.3 Å². The van der Waals surface area contributed by atoms with Gasteiger partial charge in [0.2, 0.25) is 0 Å². The predicted octanol–water partition coefficient (Wildman–Crippen LogP) is 5.49. The van der Waals surface area contributed by atoms with E-state index in [1.54, 1.807) is 43.3 Å². The number of urea groups is 1. The fraction of sp³-hybridized carbons (Fsp3) is 0.240. The maximum Gasteiger partial charge on any atom is 0.420 e. The van der Waals surface area contributed by atoms with Gasteiger partial charge >= 0.3 is 12.2 Å². The maximum atomic E-state index is 13.5. The van der Waals surface area contributed by atoms with Crippen molar-refractivity contribution in [2.45, 2.75) is 6.18 Å². The second-order valence-corrected chi connectivity index (χ2v) is 8.50. The Labute approximate surface area is 221 Å². The van der Waals surface area contributed by atoms with E-state index in [-0.39, 0.29) is 28.9 Å². The highest BCUT2D eigenvalue weighted by molar-refractivity contribution is 6.35. The second kappa shape index (κ2) is 12.5. The summed E-state index contributed by atoms with van der Waals surface area (Å²) in [6.07, 6.45) is -3.28. The number of pyridine rings is 1. The Hall–Kier alpha value is -4.03. The van der Waals surface area contributed by atoms with Crippen LogP contribution in [0.3, 0.4) is 0 Å². The number of likely N-dealkylation sites (N-methyl/N-ethyl adjacent to an activating group) is 1. The Balaban J connectivity index is 1.73. The third-order valence-electron chi connectivity index (χ3n) is 4.95. The Kier molecular flexibility index (Phi) is 9.37. The summed E-state index contributed by atoms with van der Waals surface area (Å²) in [4.78, 5) is 30.1. The monoisotopic (exact) mass is 551 g/mol. The number of hydrogen-bond acceptors (Lipinski definition) is 6. The minimum Gasteiger partial charge on any atom is -0.490 e. The maximum absolute atomic E-state index is 13.5. The van der Waals surface area contributed by atoms with E-state index >= 15 is 0 Å². The lowest BCUT2D eigenvalue weighted by Gasteiger charge is -2.19. The van der Waals surface area contributed by atoms with Gasteiger partial charge in [0.15, 0.2) is 5.75 Å². The van der Waals surface area contributed by atoms with E-state index in [1.807, 2.05) is 0 Å². The standard InChI is InChI=1S/C25H25ClF3N5O4/c1-30-23(35)20-14-17(9-10-31-20)38-16-6-4-5-15(13-16)32-24(36)33-19-8-7-18(25(27,28)29)22(21(19)26)37-12-11-34(2)3/h4-10,13-14H,11-12H2,1-3H3,(H,30,35)(H2,32,33,36). The largest absolute Gasteiger partial charge is 0.490 e. The van der Waals surface area contributed by atoms with Crippen LogP contribution in [0, 0.1) is 0 Å². The smallest absolute Gasteiger partial charge is 0.420 e. The van der Waals surface area contributed by atoms with Crippen molar-refractivity contribution in [2.75, 3.05) is 44.9 Å². The van der Waals surface area contributed by atoms with Gasteiger partial charge in [-0.2, -0.15) is 13.2 Å². The first-order valence-corrected chi connectivity index (χ1v) is 11.6. The van der Waals surface area contributed by atoms with Crippen LogP contribution in [0.15, 0.2) is 54.7 Å². The summed E-state index contributed by atoms with van der Waals surface area (Å²) in [5.74, 6) is -0.252. The summed E-state index contributed by atoms with van der Waals surface area (Å²) < 4.78 is 51.5. The molecule has 0 atom stereocenters. The molecule has 0 unspecified atom stereocenters. The molecule has 0 radical (unpaired) electrons. The molecule has 1 aromatic heterocycles. The average Bonchev–Trinajstić information content (AvgIpc) is 2.85. The first-order chi connectivity index (χ1) is 18.0. The summed E-state index contributed by atoms with van der Waals surface area (Å²) >= 11 is 6.21. The number of nitrogens with zero attached hydrogens (tertiary/aromatic N) is 2. The van der Waals surface area contributed by atoms with Crippen molar-refractivity contribution in [3.63, 3.8) is 0 Å². The number of hydrogen-bond donors (Lipinski definition) is 3. The summed E-state index contributed by atoms with van der Waals surface area (Å²) in [7, 11) is 4.98. The van der Waals surface area contributed by atoms with Gasteiger partial charge in [-0.25, -0.2) is 4.79 Å². The van der Waals surface area contributed by atoms with Gasteiger partial charge in [-0.05, 0) is 44.4 Å². The number of rotatable bonds is 9. The number of anilines is 2. The molecule has 3 amide bonds. The number of carbonyl (C=O) groups is 2. The van der Waals surface area contributed by atoms with Crippen LogP contribution >= 0.6 is 11.6 Å². The van der Waals surface area contributed by atoms with E-state index in [0.29, 0.717) is 23.7 Å². The Morgan fingerprint density at radius 2 is 1.79 bits per heavy atom. The summed E-state index contributed by atoms with van der Waals surface area (Å²) in [6, 6.07) is 10.5. The molecule has 0 fully saturated rings. The van der Waals surface area contributed by atoms with E-state index < -0.39 is 23.5 Å². The van der Waals surface area contributed by atoms with Crippen molar-refractivity contribution in [1.29, 1.82) is 0 Å². The van der Waals surface area contributed by atoms with Crippen LogP contribution in [-0.2, 0) is 6.18 Å². The van der Waals surface area contributed by atoms with Crippen LogP contribution < -0.4 is 25.4 Å². The predicted molar refractivity (Wildman–Crippen MR) is 137 cm³/mol. The van der Waals surface area contributed by atoms with Gasteiger partial charge in [-0.1, -0.05) is 17.7 Å². The normalized spacial score (nSPS) is 11.2. The Morgan fingerprint density at radius 3 is 2.47 bits per heavy atom. The zero-order chi connectivity index (χ0) is 27.9. The molecular formula is C25H25ClF3N5O4. The average molecular weight is 552 g/mol. The number of alkyl halides is 3. The number of amides is 3. The lowest BCUT2D eigenvalue weighted by molar-refractivity contribution is -0.138. The van der Waals surface area contributed by atoms with Gasteiger partial charge in [0.05, 0.1) is 11.3 Å². The SMILES string of the molecule is CNC(=O)c1cc(Oc2cccc(NC(=O)Nc3ccc(C(F)(F)F)c(OCCN(C)C)c3Cl)c2)ccn1. The molecule has 1 heterocycles. The molecule has 3 rings (SSSR count). The van der Waals surface area contributed by atoms with Crippen LogP contribution in [0.4, 0.5) is 29.3 Å². The third kappa shape index (κ3) is 7.73. The van der Waals surface area contributed by atoms with Crippen molar-refractivity contribution < 1.29 is 32.2 Å². The lowest BCUT2D eigenvalue weighted by atomic mass is 10.1. The van der Waals surface area contributed by atoms with Gasteiger partial charge in [0.1, 0.15) is 28.8 Å². The highest BCUT2D eigenvalue weighted by Gasteiger charge is 2.36. The van der Waals surface area contributed by atoms with Crippen LogP contribution in [0.1, 0.15) is 16.1 Å². The molecule has 202 valence electrons. The fourth-order valence-corrected chi connectivity index (χ4v) is 3.40. The first kappa shape index (κ1) is 28.5. The van der Waals surface area contributed by atoms with Crippen molar-refractivity contribution >= 4 is 34.9 Å². The van der Waals surface area contributed by atoms with Crippen molar-refractivity contribution in [3.8, 4) is 17.2 Å². The van der Waals surface area contributed by atoms with E-state index in [9.17, 15) is 22.8 Å². The minimum absolute atomic E-state index is 0.0413. The fourth-order valence-electron chi connectivity index (χ4n) is 3.13. The molecule has 2 aromatic carbocycles. The highest BCUT2D eigenvalue weighted by atomic mass is 35.5. The number of nitrogens with one attached hydrogen (secondary N) is 3. The molecule has 38 heavy (non-hydrogen) atoms. The molecule has 3 N–H and O–H groups in total. The van der Waals surface area contributed by atoms with E-state index in [1.165, 1.54) is 25.4 Å². The number of carbonyl (C=O) groups excluding carboxylic acids is 2. The summed E-state index contributed by atoms with van der Waals surface area (Å²) in [5, 5.41) is 7.10. The summed E-state index contributed by atoms with van der Waals surface area (Å²) in [6.45, 7) is 0.317. The molecule has 0 saturated carbocycles. The van der Waals surface area contributed by atoms with Crippen LogP contribution in [0.5, 0.6) is 17.2 Å². The molecule has 0 bridgehead atoms. The minimum atomic E-state index is -4.70. The number of benzene rings is 2. The summed E-state index contributed by atoms with van der Waals surface area (Å²) in [5.41, 5.74) is -0.626. The molecule has 3 aromatic rings. The van der Waals surface area contributed by atoms with E-state index in [2.05, 4.69) is 20.9 Å². The lowest BCUT2D eigenvalue weighted by Crippen LogP contribution is -2.22. The number of halogens is 4. The third-order valence-corrected chi connectivity index (χ3v) is 5.33. The van der Waals surface area contributed by atoms with Crippen LogP contribution in [0.2, 0.25) is 5.02 Å². The molecular weight excluding hydrogens is 527 g/mol. The molecule has 13 heteroatoms. The Morgan fingerprint density at radius 1 is 1.05 bits per heavy atom. The first-order valence-electron chi connectivity index (χ1n) is 11.2. The van der Waals surface area contributed by atoms with Gasteiger partial charge in [0.25, 0.3) is 5.91 Å². The van der Waals surface area contributed by atoms with Crippen LogP contribution in [0.25, 0.3) is 0 Å². The zero-order valence-corrected chi connectivity index (χ0v) is 21.4. The highest BCUT2D eigenvalue weighted by Crippen LogP contribution is 2.43. The molecule has 0 saturated heterocycles. The van der Waals surface area contributed by atoms with E-state index in [4.69, 9.17) is 21.1 Å². The molecule has 0 aliphatic rings. The number of ether oxygens (including phenoxy) is 2. The van der Waals surface area contributed by atoms with Crippen molar-refractivity contribution in [3.05, 3.63) is 71.0 Å². The van der Waals surface area contributed by atoms with Gasteiger partial charge in [-0.3, -0.25) is 9.78 Å². The zero-order valence-electron chi connectivity index (χ0n) is 20.6. The van der Waals surface area contributed by atoms with Crippen molar-refractivity contribution in [2.24, 2.45) is 0 Å².